The maximum Gasteiger partial charge on any atom is 0.253 e. The number of benzene rings is 1. The van der Waals surface area contributed by atoms with Crippen LogP contribution >= 0.6 is 0 Å². The lowest BCUT2D eigenvalue weighted by atomic mass is 9.93. The first kappa shape index (κ1) is 24.0. The summed E-state index contributed by atoms with van der Waals surface area (Å²) in [4.78, 5) is 19.4. The number of hydrogen-bond acceptors (Lipinski definition) is 7. The van der Waals surface area contributed by atoms with Crippen LogP contribution in [0.1, 0.15) is 47.7 Å². The molecule has 1 aromatic carbocycles. The van der Waals surface area contributed by atoms with Crippen molar-refractivity contribution in [2.24, 2.45) is 5.41 Å². The molecule has 0 unspecified atom stereocenters. The van der Waals surface area contributed by atoms with Crippen LogP contribution in [-0.4, -0.2) is 59.5 Å². The molecule has 1 amide bonds. The minimum atomic E-state index is -0.359. The van der Waals surface area contributed by atoms with E-state index >= 15 is 0 Å². The zero-order valence-electron chi connectivity index (χ0n) is 20.3. The fourth-order valence-electron chi connectivity index (χ4n) is 4.54. The maximum absolute atomic E-state index is 13.2. The van der Waals surface area contributed by atoms with E-state index in [1.165, 1.54) is 0 Å². The van der Waals surface area contributed by atoms with Crippen molar-refractivity contribution < 1.29 is 18.7 Å². The zero-order chi connectivity index (χ0) is 25.1. The molecule has 0 atom stereocenters. The summed E-state index contributed by atoms with van der Waals surface area (Å²) in [5.41, 5.74) is 8.49. The molecule has 8 nitrogen and oxygen atoms in total. The van der Waals surface area contributed by atoms with Gasteiger partial charge in [-0.2, -0.15) is 5.10 Å². The third-order valence-electron chi connectivity index (χ3n) is 7.17. The van der Waals surface area contributed by atoms with Crippen LogP contribution in [0, 0.1) is 5.41 Å². The first-order valence-corrected chi connectivity index (χ1v) is 12.2. The fourth-order valence-corrected chi connectivity index (χ4v) is 4.54. The Balaban J connectivity index is 1.23. The number of rotatable bonds is 8. The molecule has 2 aliphatic rings. The Morgan fingerprint density at radius 2 is 1.94 bits per heavy atom. The topological polar surface area (TPSA) is 103 Å². The molecular weight excluding hydrogens is 461 g/mol. The van der Waals surface area contributed by atoms with Gasteiger partial charge >= 0.3 is 0 Å². The summed E-state index contributed by atoms with van der Waals surface area (Å²) in [5.74, 6) is 1.72. The van der Waals surface area contributed by atoms with Crippen molar-refractivity contribution in [2.75, 3.05) is 39.2 Å². The second-order valence-corrected chi connectivity index (χ2v) is 9.67. The number of halogens is 1. The van der Waals surface area contributed by atoms with Gasteiger partial charge < -0.3 is 20.1 Å². The van der Waals surface area contributed by atoms with Gasteiger partial charge in [0.15, 0.2) is 0 Å². The molecule has 2 N–H and O–H groups in total. The highest BCUT2D eigenvalue weighted by atomic mass is 19.1. The van der Waals surface area contributed by atoms with Crippen LogP contribution in [-0.2, 0) is 0 Å². The van der Waals surface area contributed by atoms with E-state index in [2.05, 4.69) is 15.2 Å². The van der Waals surface area contributed by atoms with Crippen molar-refractivity contribution in [1.82, 2.24) is 20.1 Å². The summed E-state index contributed by atoms with van der Waals surface area (Å²) >= 11 is 0. The number of pyridine rings is 1. The summed E-state index contributed by atoms with van der Waals surface area (Å²) in [7, 11) is 1.59. The summed E-state index contributed by atoms with van der Waals surface area (Å²) in [5, 5.41) is 8.15. The lowest BCUT2D eigenvalue weighted by molar-refractivity contribution is 0.0711. The third kappa shape index (κ3) is 5.10. The van der Waals surface area contributed by atoms with E-state index < -0.39 is 0 Å². The number of hydrogen-bond donors (Lipinski definition) is 1. The van der Waals surface area contributed by atoms with Gasteiger partial charge in [-0.1, -0.05) is 0 Å². The minimum Gasteiger partial charge on any atom is -0.496 e. The van der Waals surface area contributed by atoms with E-state index in [0.29, 0.717) is 42.7 Å². The molecule has 0 bridgehead atoms. The summed E-state index contributed by atoms with van der Waals surface area (Å²) in [6, 6.07) is 12.8. The molecule has 3 heterocycles. The van der Waals surface area contributed by atoms with Crippen LogP contribution in [0.25, 0.3) is 11.1 Å². The van der Waals surface area contributed by atoms with Gasteiger partial charge in [0, 0.05) is 53.4 Å². The highest BCUT2D eigenvalue weighted by Crippen LogP contribution is 2.46. The number of nitrogens with two attached hydrogens (primary N) is 1. The number of nitrogens with zero attached hydrogens (tertiary/aromatic N) is 4. The number of carbonyl (C=O) groups is 1. The quantitative estimate of drug-likeness (QED) is 0.502. The minimum absolute atomic E-state index is 0.0227. The van der Waals surface area contributed by atoms with E-state index in [-0.39, 0.29) is 23.9 Å². The Bertz CT molecular complexity index is 1210. The number of likely N-dealkylation sites (tertiary alicyclic amines) is 1. The zero-order valence-corrected chi connectivity index (χ0v) is 20.3. The molecule has 36 heavy (non-hydrogen) atoms. The lowest BCUT2D eigenvalue weighted by Gasteiger charge is -2.31. The number of anilines is 1. The van der Waals surface area contributed by atoms with Crippen LogP contribution < -0.4 is 15.2 Å². The van der Waals surface area contributed by atoms with Gasteiger partial charge in [-0.25, -0.2) is 4.98 Å². The van der Waals surface area contributed by atoms with Crippen molar-refractivity contribution in [3.05, 3.63) is 59.9 Å². The van der Waals surface area contributed by atoms with Gasteiger partial charge in [-0.3, -0.25) is 9.18 Å². The predicted molar refractivity (Wildman–Crippen MR) is 134 cm³/mol. The van der Waals surface area contributed by atoms with Crippen molar-refractivity contribution in [3.63, 3.8) is 0 Å². The Morgan fingerprint density at radius 1 is 1.14 bits per heavy atom. The molecule has 9 heteroatoms. The number of ether oxygens (including phenoxy) is 2. The monoisotopic (exact) mass is 491 g/mol. The van der Waals surface area contributed by atoms with E-state index in [1.807, 2.05) is 29.2 Å². The van der Waals surface area contributed by atoms with Crippen LogP contribution in [0.5, 0.6) is 11.6 Å². The lowest BCUT2D eigenvalue weighted by Crippen LogP contribution is -2.38. The molecular formula is C27H30FN5O3. The van der Waals surface area contributed by atoms with E-state index in [9.17, 15) is 9.18 Å². The predicted octanol–water partition coefficient (Wildman–Crippen LogP) is 4.28. The fraction of sp³-hybridized carbons (Fsp3) is 0.407. The average Bonchev–Trinajstić information content (AvgIpc) is 3.72. The maximum atomic E-state index is 13.2. The van der Waals surface area contributed by atoms with E-state index in [1.54, 1.807) is 31.5 Å². The van der Waals surface area contributed by atoms with Gasteiger partial charge in [-0.05, 0) is 62.1 Å². The molecule has 1 saturated carbocycles. The molecule has 1 saturated heterocycles. The van der Waals surface area contributed by atoms with Gasteiger partial charge in [0.2, 0.25) is 5.88 Å². The first-order valence-electron chi connectivity index (χ1n) is 12.2. The number of methoxy groups -OCH3 is 1. The summed E-state index contributed by atoms with van der Waals surface area (Å²) < 4.78 is 24.4. The Labute approximate surface area is 209 Å². The van der Waals surface area contributed by atoms with Crippen molar-refractivity contribution >= 4 is 11.7 Å². The van der Waals surface area contributed by atoms with Crippen molar-refractivity contribution in [2.45, 2.75) is 31.6 Å². The van der Waals surface area contributed by atoms with E-state index in [0.717, 1.165) is 42.5 Å². The van der Waals surface area contributed by atoms with Crippen molar-refractivity contribution in [3.8, 4) is 22.8 Å². The number of amides is 1. The van der Waals surface area contributed by atoms with Gasteiger partial charge in [0.25, 0.3) is 5.91 Å². The molecule has 1 aliphatic carbocycles. The van der Waals surface area contributed by atoms with Crippen LogP contribution in [0.4, 0.5) is 10.2 Å². The smallest absolute Gasteiger partial charge is 0.253 e. The van der Waals surface area contributed by atoms with Gasteiger partial charge in [0.05, 0.1) is 26.1 Å². The normalized spacial score (nSPS) is 17.0. The SMILES string of the molecule is COc1cc(C(=O)N2CCC(c3ccc(N)nn3)CC2)ccc1-c1ccc(OCC2(CF)CC2)nc1. The Kier molecular flexibility index (Phi) is 6.71. The molecule has 0 spiro atoms. The molecule has 0 radical (unpaired) electrons. The highest BCUT2D eigenvalue weighted by molar-refractivity contribution is 5.95. The molecule has 2 aromatic heterocycles. The van der Waals surface area contributed by atoms with Crippen LogP contribution in [0.2, 0.25) is 0 Å². The standard InChI is InChI=1S/C27H30FN5O3/c1-35-23-14-19(26(34)33-12-8-18(9-13-33)22-5-6-24(29)32-31-22)2-4-21(23)20-3-7-25(30-15-20)36-17-27(16-28)10-11-27/h2-7,14-15,18H,8-13,16-17H2,1H3,(H2,29,32). The van der Waals surface area contributed by atoms with E-state index in [4.69, 9.17) is 15.2 Å². The van der Waals surface area contributed by atoms with Gasteiger partial charge in [0.1, 0.15) is 11.6 Å². The number of alkyl halides is 1. The van der Waals surface area contributed by atoms with Crippen molar-refractivity contribution in [1.29, 1.82) is 0 Å². The Morgan fingerprint density at radius 3 is 2.56 bits per heavy atom. The average molecular weight is 492 g/mol. The third-order valence-corrected chi connectivity index (χ3v) is 7.17. The largest absolute Gasteiger partial charge is 0.496 e. The molecule has 3 aromatic rings. The Hall–Kier alpha value is -3.75. The van der Waals surface area contributed by atoms with Crippen LogP contribution in [0.3, 0.4) is 0 Å². The summed E-state index contributed by atoms with van der Waals surface area (Å²) in [6.07, 6.45) is 5.07. The highest BCUT2D eigenvalue weighted by Gasteiger charge is 2.43. The number of piperidine rings is 1. The first-order chi connectivity index (χ1) is 17.5. The van der Waals surface area contributed by atoms with Gasteiger partial charge in [-0.15, -0.1) is 5.10 Å². The molecule has 2 fully saturated rings. The second-order valence-electron chi connectivity index (χ2n) is 9.67. The number of carbonyl (C=O) groups excluding carboxylic acids is 1. The van der Waals surface area contributed by atoms with Crippen LogP contribution in [0.15, 0.2) is 48.7 Å². The summed E-state index contributed by atoms with van der Waals surface area (Å²) in [6.45, 7) is 1.28. The number of nitrogen functional groups attached to an aromatic ring is 1. The molecule has 188 valence electrons. The second kappa shape index (κ2) is 10.1. The number of aromatic nitrogens is 3. The molecule has 1 aliphatic heterocycles. The molecule has 5 rings (SSSR count).